The van der Waals surface area contributed by atoms with E-state index in [2.05, 4.69) is 41.2 Å². The van der Waals surface area contributed by atoms with Crippen molar-refractivity contribution in [3.05, 3.63) is 23.8 Å². The van der Waals surface area contributed by atoms with Crippen LogP contribution < -0.4 is 0 Å². The highest BCUT2D eigenvalue weighted by atomic mass is 16.3. The summed E-state index contributed by atoms with van der Waals surface area (Å²) in [6.07, 6.45) is 5.75. The molecule has 11 atom stereocenters. The third kappa shape index (κ3) is 3.74. The Bertz CT molecular complexity index is 759. The summed E-state index contributed by atoms with van der Waals surface area (Å²) in [6, 6.07) is 0. The summed E-state index contributed by atoms with van der Waals surface area (Å²) in [5.41, 5.74) is 2.04. The zero-order valence-electron chi connectivity index (χ0n) is 20.8. The molecule has 0 radical (unpaired) electrons. The molecule has 182 valence electrons. The van der Waals surface area contributed by atoms with Gasteiger partial charge in [-0.2, -0.15) is 0 Å². The summed E-state index contributed by atoms with van der Waals surface area (Å²) >= 11 is 0. The molecule has 0 aliphatic heterocycles. The lowest BCUT2D eigenvalue weighted by Crippen LogP contribution is -2.60. The number of rotatable bonds is 5. The van der Waals surface area contributed by atoms with Gasteiger partial charge in [-0.25, -0.2) is 0 Å². The molecule has 3 saturated carbocycles. The minimum absolute atomic E-state index is 0.00921. The topological polar surface area (TPSA) is 80.9 Å². The molecule has 3 fully saturated rings. The molecule has 4 aliphatic rings. The van der Waals surface area contributed by atoms with Crippen molar-refractivity contribution in [2.24, 2.45) is 46.3 Å². The van der Waals surface area contributed by atoms with Crippen LogP contribution in [0.5, 0.6) is 0 Å². The van der Waals surface area contributed by atoms with Crippen LogP contribution in [0.15, 0.2) is 23.8 Å². The Morgan fingerprint density at radius 1 is 1.12 bits per heavy atom. The molecule has 0 spiro atoms. The van der Waals surface area contributed by atoms with E-state index >= 15 is 0 Å². The molecule has 0 amide bonds. The van der Waals surface area contributed by atoms with Gasteiger partial charge in [0.1, 0.15) is 0 Å². The van der Waals surface area contributed by atoms with Gasteiger partial charge < -0.3 is 20.4 Å². The van der Waals surface area contributed by atoms with Crippen molar-refractivity contribution in [3.63, 3.8) is 0 Å². The highest BCUT2D eigenvalue weighted by molar-refractivity contribution is 5.29. The van der Waals surface area contributed by atoms with Crippen LogP contribution in [0.3, 0.4) is 0 Å². The highest BCUT2D eigenvalue weighted by Crippen LogP contribution is 2.67. The van der Waals surface area contributed by atoms with Gasteiger partial charge in [-0.05, 0) is 91.3 Å². The second-order valence-electron chi connectivity index (χ2n) is 12.6. The van der Waals surface area contributed by atoms with E-state index in [0.717, 1.165) is 31.3 Å². The molecule has 4 rings (SSSR count). The van der Waals surface area contributed by atoms with Gasteiger partial charge >= 0.3 is 0 Å². The molecule has 0 aromatic rings. The molecular formula is C28H46O4. The third-order valence-electron chi connectivity index (χ3n) is 10.5. The Morgan fingerprint density at radius 3 is 2.47 bits per heavy atom. The minimum atomic E-state index is -0.616. The molecule has 32 heavy (non-hydrogen) atoms. The average molecular weight is 447 g/mol. The molecular weight excluding hydrogens is 400 g/mol. The number of hydrogen-bond acceptors (Lipinski definition) is 4. The van der Waals surface area contributed by atoms with Gasteiger partial charge in [0.25, 0.3) is 0 Å². The largest absolute Gasteiger partial charge is 0.393 e. The summed E-state index contributed by atoms with van der Waals surface area (Å²) in [6.45, 7) is 15.4. The summed E-state index contributed by atoms with van der Waals surface area (Å²) < 4.78 is 0. The average Bonchev–Trinajstić information content (AvgIpc) is 2.96. The van der Waals surface area contributed by atoms with Gasteiger partial charge in [-0.15, -0.1) is 0 Å². The van der Waals surface area contributed by atoms with Gasteiger partial charge in [0.05, 0.1) is 24.4 Å². The molecule has 0 bridgehead atoms. The first-order chi connectivity index (χ1) is 14.9. The standard InChI is InChI=1S/C28H46O4/c1-15(2)16(3)7-8-17(4)25-22(31)13-20-24-21(30)12-18-11-19(29)9-10-27(18,5)26(24)23(32)14-28(20,25)6/h12,15,17,19-26,29-32H,3,7-11,13-14H2,1-2,4-6H3. The van der Waals surface area contributed by atoms with Crippen LogP contribution >= 0.6 is 0 Å². The van der Waals surface area contributed by atoms with E-state index < -0.39 is 18.3 Å². The fourth-order valence-electron chi connectivity index (χ4n) is 8.71. The van der Waals surface area contributed by atoms with Gasteiger partial charge in [0.2, 0.25) is 0 Å². The van der Waals surface area contributed by atoms with Crippen LogP contribution in [0.4, 0.5) is 0 Å². The van der Waals surface area contributed by atoms with Crippen LogP contribution in [0.1, 0.15) is 79.6 Å². The zero-order chi connectivity index (χ0) is 23.6. The molecule has 0 saturated heterocycles. The van der Waals surface area contributed by atoms with E-state index in [1.807, 2.05) is 6.08 Å². The summed E-state index contributed by atoms with van der Waals surface area (Å²) in [7, 11) is 0. The van der Waals surface area contributed by atoms with Crippen molar-refractivity contribution < 1.29 is 20.4 Å². The molecule has 4 aliphatic carbocycles. The molecule has 4 nitrogen and oxygen atoms in total. The second kappa shape index (κ2) is 8.52. The van der Waals surface area contributed by atoms with Crippen LogP contribution in [0, 0.1) is 46.3 Å². The summed E-state index contributed by atoms with van der Waals surface area (Å²) in [5.74, 6) is 1.09. The van der Waals surface area contributed by atoms with E-state index in [9.17, 15) is 20.4 Å². The molecule has 0 aromatic carbocycles. The molecule has 0 aromatic heterocycles. The second-order valence-corrected chi connectivity index (χ2v) is 12.6. The molecule has 11 unspecified atom stereocenters. The maximum Gasteiger partial charge on any atom is 0.0758 e. The van der Waals surface area contributed by atoms with E-state index in [1.54, 1.807) is 0 Å². The van der Waals surface area contributed by atoms with Crippen molar-refractivity contribution in [2.75, 3.05) is 0 Å². The summed E-state index contributed by atoms with van der Waals surface area (Å²) in [4.78, 5) is 0. The van der Waals surface area contributed by atoms with Gasteiger partial charge in [0.15, 0.2) is 0 Å². The predicted molar refractivity (Wildman–Crippen MR) is 128 cm³/mol. The minimum Gasteiger partial charge on any atom is -0.393 e. The lowest BCUT2D eigenvalue weighted by atomic mass is 9.45. The van der Waals surface area contributed by atoms with Crippen LogP contribution in [-0.4, -0.2) is 44.8 Å². The quantitative estimate of drug-likeness (QED) is 0.470. The molecule has 0 heterocycles. The maximum absolute atomic E-state index is 11.6. The number of hydrogen-bond donors (Lipinski definition) is 4. The van der Waals surface area contributed by atoms with Crippen molar-refractivity contribution >= 4 is 0 Å². The fraction of sp³-hybridized carbons (Fsp3) is 0.857. The molecule has 4 heteroatoms. The normalized spacial score (nSPS) is 49.1. The SMILES string of the molecule is C=C(CCC(C)C1C(O)CC2C3C(O)C=C4CC(O)CCC4(C)C3C(O)CC21C)C(C)C. The Labute approximate surface area is 194 Å². The lowest BCUT2D eigenvalue weighted by Gasteiger charge is -2.61. The van der Waals surface area contributed by atoms with Gasteiger partial charge in [-0.3, -0.25) is 0 Å². The van der Waals surface area contributed by atoms with E-state index in [4.69, 9.17) is 0 Å². The van der Waals surface area contributed by atoms with E-state index in [1.165, 1.54) is 5.57 Å². The van der Waals surface area contributed by atoms with Crippen molar-refractivity contribution in [1.29, 1.82) is 0 Å². The molecule has 4 N–H and O–H groups in total. The smallest absolute Gasteiger partial charge is 0.0758 e. The van der Waals surface area contributed by atoms with Gasteiger partial charge in [-0.1, -0.05) is 58.4 Å². The van der Waals surface area contributed by atoms with Gasteiger partial charge in [0, 0.05) is 0 Å². The number of fused-ring (bicyclic) bond motifs is 5. The number of aliphatic hydroxyl groups excluding tert-OH is 4. The maximum atomic E-state index is 11.6. The number of allylic oxidation sites excluding steroid dienone is 1. The highest BCUT2D eigenvalue weighted by Gasteiger charge is 2.65. The van der Waals surface area contributed by atoms with Crippen molar-refractivity contribution in [1.82, 2.24) is 0 Å². The third-order valence-corrected chi connectivity index (χ3v) is 10.5. The predicted octanol–water partition coefficient (Wildman–Crippen LogP) is 4.47. The van der Waals surface area contributed by atoms with Crippen molar-refractivity contribution in [2.45, 2.75) is 104 Å². The van der Waals surface area contributed by atoms with Crippen LogP contribution in [-0.2, 0) is 0 Å². The van der Waals surface area contributed by atoms with E-state index in [0.29, 0.717) is 31.1 Å². The Morgan fingerprint density at radius 2 is 1.81 bits per heavy atom. The first-order valence-electron chi connectivity index (χ1n) is 13.0. The van der Waals surface area contributed by atoms with E-state index in [-0.39, 0.29) is 40.6 Å². The lowest BCUT2D eigenvalue weighted by molar-refractivity contribution is -0.156. The first kappa shape index (κ1) is 24.4. The summed E-state index contributed by atoms with van der Waals surface area (Å²) in [5, 5.41) is 44.4. The number of aliphatic hydroxyl groups is 4. The first-order valence-corrected chi connectivity index (χ1v) is 13.0. The Hall–Kier alpha value is -0.680. The zero-order valence-corrected chi connectivity index (χ0v) is 20.8. The van der Waals surface area contributed by atoms with Crippen molar-refractivity contribution in [3.8, 4) is 0 Å². The van der Waals surface area contributed by atoms with Crippen LogP contribution in [0.25, 0.3) is 0 Å². The fourth-order valence-corrected chi connectivity index (χ4v) is 8.71. The Kier molecular flexibility index (Phi) is 6.51. The monoisotopic (exact) mass is 446 g/mol. The Balaban J connectivity index is 1.63. The van der Waals surface area contributed by atoms with Crippen LogP contribution in [0.2, 0.25) is 0 Å².